The van der Waals surface area contributed by atoms with E-state index in [2.05, 4.69) is 6.92 Å². The Hall–Kier alpha value is -1.68. The van der Waals surface area contributed by atoms with Crippen molar-refractivity contribution in [1.29, 1.82) is 0 Å². The van der Waals surface area contributed by atoms with Crippen LogP contribution in [0, 0.1) is 5.82 Å². The van der Waals surface area contributed by atoms with E-state index in [0.717, 1.165) is 30.9 Å². The van der Waals surface area contributed by atoms with Crippen molar-refractivity contribution in [2.75, 3.05) is 0 Å². The maximum Gasteiger partial charge on any atom is 0.206 e. The van der Waals surface area contributed by atoms with Crippen LogP contribution in [0.5, 0.6) is 0 Å². The van der Waals surface area contributed by atoms with E-state index in [1.165, 1.54) is 23.8 Å². The van der Waals surface area contributed by atoms with E-state index in [1.54, 1.807) is 12.1 Å². The minimum atomic E-state index is -3.65. The van der Waals surface area contributed by atoms with Crippen LogP contribution in [-0.2, 0) is 16.3 Å². The Balaban J connectivity index is 2.08. The van der Waals surface area contributed by atoms with Gasteiger partial charge in [-0.05, 0) is 66.6 Å². The third kappa shape index (κ3) is 2.60. The molecule has 0 saturated heterocycles. The highest BCUT2D eigenvalue weighted by Gasteiger charge is 2.22. The van der Waals surface area contributed by atoms with E-state index >= 15 is 0 Å². The molecule has 0 spiro atoms. The Morgan fingerprint density at radius 1 is 1.10 bits per heavy atom. The molecular weight excluding hydrogens is 287 g/mol. The zero-order valence-electron chi connectivity index (χ0n) is 11.8. The Morgan fingerprint density at radius 2 is 1.86 bits per heavy atom. The number of hydrogen-bond donors (Lipinski definition) is 0. The fraction of sp³-hybridized carbons (Fsp3) is 0.294. The van der Waals surface area contributed by atoms with Crippen LogP contribution >= 0.6 is 0 Å². The average molecular weight is 304 g/mol. The first-order valence-corrected chi connectivity index (χ1v) is 8.60. The molecule has 0 N–H and O–H groups in total. The van der Waals surface area contributed by atoms with Gasteiger partial charge in [-0.25, -0.2) is 12.8 Å². The highest BCUT2D eigenvalue weighted by molar-refractivity contribution is 7.91. The molecule has 0 bridgehead atoms. The van der Waals surface area contributed by atoms with Crippen LogP contribution in [0.4, 0.5) is 4.39 Å². The second-order valence-electron chi connectivity index (χ2n) is 5.61. The van der Waals surface area contributed by atoms with Gasteiger partial charge in [0.2, 0.25) is 9.84 Å². The number of fused-ring (bicyclic) bond motifs is 1. The van der Waals surface area contributed by atoms with Crippen LogP contribution in [0.25, 0.3) is 0 Å². The SMILES string of the molecule is C[C@@H]1CCCc2cc(S(=O)(=O)c3cccc(F)c3)ccc21. The molecule has 1 atom stereocenters. The summed E-state index contributed by atoms with van der Waals surface area (Å²) in [4.78, 5) is 0.257. The lowest BCUT2D eigenvalue weighted by atomic mass is 9.84. The molecule has 0 unspecified atom stereocenters. The first kappa shape index (κ1) is 14.3. The monoisotopic (exact) mass is 304 g/mol. The van der Waals surface area contributed by atoms with Crippen molar-refractivity contribution in [3.8, 4) is 0 Å². The van der Waals surface area contributed by atoms with Gasteiger partial charge in [0, 0.05) is 0 Å². The van der Waals surface area contributed by atoms with Crippen molar-refractivity contribution in [2.24, 2.45) is 0 Å². The lowest BCUT2D eigenvalue weighted by molar-refractivity contribution is 0.582. The molecule has 0 fully saturated rings. The van der Waals surface area contributed by atoms with Crippen LogP contribution in [0.3, 0.4) is 0 Å². The summed E-state index contributed by atoms with van der Waals surface area (Å²) in [6.45, 7) is 2.17. The topological polar surface area (TPSA) is 34.1 Å². The smallest absolute Gasteiger partial charge is 0.206 e. The molecule has 1 aliphatic carbocycles. The first-order valence-electron chi connectivity index (χ1n) is 7.12. The summed E-state index contributed by atoms with van der Waals surface area (Å²) in [6.07, 6.45) is 3.13. The minimum absolute atomic E-state index is 0.00584. The number of halogens is 1. The summed E-state index contributed by atoms with van der Waals surface area (Å²) in [5.74, 6) is -0.0673. The highest BCUT2D eigenvalue weighted by atomic mass is 32.2. The summed E-state index contributed by atoms with van der Waals surface area (Å²) >= 11 is 0. The van der Waals surface area contributed by atoms with E-state index in [-0.39, 0.29) is 9.79 Å². The summed E-state index contributed by atoms with van der Waals surface area (Å²) in [5.41, 5.74) is 2.34. The molecule has 0 amide bonds. The van der Waals surface area contributed by atoms with Gasteiger partial charge in [-0.3, -0.25) is 0 Å². The average Bonchev–Trinajstić information content (AvgIpc) is 2.47. The third-order valence-electron chi connectivity index (χ3n) is 4.15. The van der Waals surface area contributed by atoms with E-state index in [9.17, 15) is 12.8 Å². The predicted octanol–water partition coefficient (Wildman–Crippen LogP) is 4.10. The number of benzene rings is 2. The maximum absolute atomic E-state index is 13.3. The van der Waals surface area contributed by atoms with Gasteiger partial charge in [-0.15, -0.1) is 0 Å². The van der Waals surface area contributed by atoms with Crippen molar-refractivity contribution in [3.05, 3.63) is 59.4 Å². The van der Waals surface area contributed by atoms with Gasteiger partial charge in [-0.1, -0.05) is 19.1 Å². The summed E-state index contributed by atoms with van der Waals surface area (Å²) in [6, 6.07) is 10.5. The van der Waals surface area contributed by atoms with Gasteiger partial charge in [-0.2, -0.15) is 0 Å². The van der Waals surface area contributed by atoms with Crippen LogP contribution < -0.4 is 0 Å². The fourth-order valence-corrected chi connectivity index (χ4v) is 4.31. The molecule has 0 radical (unpaired) electrons. The fourth-order valence-electron chi connectivity index (χ4n) is 2.97. The van der Waals surface area contributed by atoms with E-state index in [0.29, 0.717) is 5.92 Å². The van der Waals surface area contributed by atoms with Crippen molar-refractivity contribution in [1.82, 2.24) is 0 Å². The van der Waals surface area contributed by atoms with Gasteiger partial charge in [0.1, 0.15) is 5.82 Å². The molecule has 3 rings (SSSR count). The number of sulfone groups is 1. The molecule has 2 aromatic carbocycles. The minimum Gasteiger partial charge on any atom is -0.219 e. The number of aryl methyl sites for hydroxylation is 1. The molecule has 0 heterocycles. The Bertz CT molecular complexity index is 781. The molecule has 2 aromatic rings. The second kappa shape index (κ2) is 5.26. The van der Waals surface area contributed by atoms with Gasteiger partial charge >= 0.3 is 0 Å². The molecule has 21 heavy (non-hydrogen) atoms. The first-order chi connectivity index (χ1) is 9.98. The van der Waals surface area contributed by atoms with Gasteiger partial charge in [0.05, 0.1) is 9.79 Å². The van der Waals surface area contributed by atoms with Crippen molar-refractivity contribution >= 4 is 9.84 Å². The Morgan fingerprint density at radius 3 is 2.62 bits per heavy atom. The van der Waals surface area contributed by atoms with Crippen LogP contribution in [-0.4, -0.2) is 8.42 Å². The number of rotatable bonds is 2. The molecule has 2 nitrogen and oxygen atoms in total. The highest BCUT2D eigenvalue weighted by Crippen LogP contribution is 2.33. The Kier molecular flexibility index (Phi) is 3.57. The van der Waals surface area contributed by atoms with Gasteiger partial charge in [0.15, 0.2) is 0 Å². The quantitative estimate of drug-likeness (QED) is 0.837. The Labute approximate surface area is 124 Å². The summed E-state index contributed by atoms with van der Waals surface area (Å²) in [5, 5.41) is 0. The standard InChI is InChI=1S/C17H17FO2S/c1-12-4-2-5-13-10-16(8-9-17(12)13)21(19,20)15-7-3-6-14(18)11-15/h3,6-12H,2,4-5H2,1H3/t12-/m1/s1. The molecule has 110 valence electrons. The van der Waals surface area contributed by atoms with Crippen LogP contribution in [0.15, 0.2) is 52.3 Å². The summed E-state index contributed by atoms with van der Waals surface area (Å²) < 4.78 is 38.4. The summed E-state index contributed by atoms with van der Waals surface area (Å²) in [7, 11) is -3.65. The van der Waals surface area contributed by atoms with Crippen LogP contribution in [0.2, 0.25) is 0 Å². The zero-order valence-corrected chi connectivity index (χ0v) is 12.7. The van der Waals surface area contributed by atoms with Crippen molar-refractivity contribution in [2.45, 2.75) is 41.9 Å². The van der Waals surface area contributed by atoms with Gasteiger partial charge in [0.25, 0.3) is 0 Å². The van der Waals surface area contributed by atoms with E-state index in [4.69, 9.17) is 0 Å². The van der Waals surface area contributed by atoms with E-state index in [1.807, 2.05) is 6.07 Å². The van der Waals surface area contributed by atoms with Crippen molar-refractivity contribution < 1.29 is 12.8 Å². The largest absolute Gasteiger partial charge is 0.219 e. The zero-order chi connectivity index (χ0) is 15.0. The third-order valence-corrected chi connectivity index (χ3v) is 5.89. The number of hydrogen-bond acceptors (Lipinski definition) is 2. The lowest BCUT2D eigenvalue weighted by Gasteiger charge is -2.22. The molecule has 0 saturated carbocycles. The molecular formula is C17H17FO2S. The molecule has 1 aliphatic rings. The maximum atomic E-state index is 13.3. The van der Waals surface area contributed by atoms with Crippen molar-refractivity contribution in [3.63, 3.8) is 0 Å². The lowest BCUT2D eigenvalue weighted by Crippen LogP contribution is -2.09. The molecule has 0 aromatic heterocycles. The normalized spacial score (nSPS) is 18.3. The van der Waals surface area contributed by atoms with E-state index < -0.39 is 15.7 Å². The predicted molar refractivity (Wildman–Crippen MR) is 79.6 cm³/mol. The van der Waals surface area contributed by atoms with Gasteiger partial charge < -0.3 is 0 Å². The molecule has 4 heteroatoms. The second-order valence-corrected chi connectivity index (χ2v) is 7.56. The van der Waals surface area contributed by atoms with Crippen LogP contribution in [0.1, 0.15) is 36.8 Å². The molecule has 0 aliphatic heterocycles.